The molecule has 0 heterocycles. The van der Waals surface area contributed by atoms with Crippen molar-refractivity contribution in [3.8, 4) is 0 Å². The Balaban J connectivity index is 2.16. The summed E-state index contributed by atoms with van der Waals surface area (Å²) in [7, 11) is 0. The Hall–Kier alpha value is -0.300. The number of hydrogen-bond donors (Lipinski definition) is 0. The van der Waals surface area contributed by atoms with Gasteiger partial charge < -0.3 is 0 Å². The Bertz CT molecular complexity index is 341. The van der Waals surface area contributed by atoms with E-state index in [9.17, 15) is 0 Å². The van der Waals surface area contributed by atoms with Crippen LogP contribution in [0.25, 0.3) is 0 Å². The van der Waals surface area contributed by atoms with E-state index in [1.54, 1.807) is 0 Å². The monoisotopic (exact) mass is 266 g/mol. The molecule has 1 aromatic rings. The van der Waals surface area contributed by atoms with Crippen molar-refractivity contribution in [1.82, 2.24) is 0 Å². The number of rotatable bonds is 4. The lowest BCUT2D eigenvalue weighted by Gasteiger charge is -2.28. The fourth-order valence-electron chi connectivity index (χ4n) is 2.32. The van der Waals surface area contributed by atoms with Crippen LogP contribution in [0.3, 0.4) is 0 Å². The highest BCUT2D eigenvalue weighted by molar-refractivity contribution is 9.09. The van der Waals surface area contributed by atoms with Crippen molar-refractivity contribution in [2.24, 2.45) is 11.3 Å². The maximum absolute atomic E-state index is 3.69. The van der Waals surface area contributed by atoms with Crippen LogP contribution in [-0.4, -0.2) is 5.33 Å². The molecular weight excluding hydrogens is 248 g/mol. The molecule has 1 aromatic carbocycles. The van der Waals surface area contributed by atoms with Crippen LogP contribution in [0.2, 0.25) is 0 Å². The quantitative estimate of drug-likeness (QED) is 0.711. The molecule has 1 aliphatic carbocycles. The first kappa shape index (κ1) is 11.2. The number of halogens is 1. The molecule has 0 nitrogen and oxygen atoms in total. The van der Waals surface area contributed by atoms with Gasteiger partial charge in [-0.2, -0.15) is 0 Å². The molecule has 82 valence electrons. The van der Waals surface area contributed by atoms with Crippen molar-refractivity contribution in [1.29, 1.82) is 0 Å². The lowest BCUT2D eigenvalue weighted by molar-refractivity contribution is 0.318. The Morgan fingerprint density at radius 2 is 2.00 bits per heavy atom. The minimum atomic E-state index is 0.464. The highest BCUT2D eigenvalue weighted by atomic mass is 79.9. The maximum atomic E-state index is 3.69. The fraction of sp³-hybridized carbons (Fsp3) is 0.571. The molecule has 1 saturated carbocycles. The topological polar surface area (TPSA) is 0 Å². The van der Waals surface area contributed by atoms with Gasteiger partial charge in [-0.15, -0.1) is 0 Å². The van der Waals surface area contributed by atoms with Gasteiger partial charge in [0.25, 0.3) is 0 Å². The van der Waals surface area contributed by atoms with Gasteiger partial charge in [0.1, 0.15) is 0 Å². The molecule has 0 spiro atoms. The van der Waals surface area contributed by atoms with Crippen LogP contribution in [0.15, 0.2) is 24.3 Å². The zero-order valence-electron chi connectivity index (χ0n) is 9.59. The first-order chi connectivity index (χ1) is 7.15. The van der Waals surface area contributed by atoms with E-state index in [0.29, 0.717) is 5.41 Å². The summed E-state index contributed by atoms with van der Waals surface area (Å²) in [6, 6.07) is 8.78. The largest absolute Gasteiger partial charge is 0.0922 e. The molecule has 0 aliphatic heterocycles. The molecule has 0 N–H and O–H groups in total. The summed E-state index contributed by atoms with van der Waals surface area (Å²) in [5.41, 5.74) is 3.42. The van der Waals surface area contributed by atoms with E-state index in [-0.39, 0.29) is 0 Å². The van der Waals surface area contributed by atoms with Crippen molar-refractivity contribution in [2.45, 2.75) is 33.1 Å². The summed E-state index contributed by atoms with van der Waals surface area (Å²) in [6.45, 7) is 4.64. The minimum absolute atomic E-state index is 0.464. The molecule has 0 bridgehead atoms. The SMILES string of the molecule is Cc1ccccc1CC(C)(CBr)C1CC1. The average Bonchev–Trinajstić information content (AvgIpc) is 3.05. The van der Waals surface area contributed by atoms with Gasteiger partial charge in [0.15, 0.2) is 0 Å². The third-order valence-corrected chi connectivity index (χ3v) is 5.00. The van der Waals surface area contributed by atoms with Crippen LogP contribution in [-0.2, 0) is 6.42 Å². The standard InChI is InChI=1S/C14H19Br/c1-11-5-3-4-6-12(11)9-14(2,10-15)13-7-8-13/h3-6,13H,7-10H2,1-2H3. The van der Waals surface area contributed by atoms with Gasteiger partial charge in [-0.1, -0.05) is 47.1 Å². The van der Waals surface area contributed by atoms with Crippen LogP contribution >= 0.6 is 15.9 Å². The summed E-state index contributed by atoms with van der Waals surface area (Å²) in [4.78, 5) is 0. The Labute approximate surface area is 101 Å². The van der Waals surface area contributed by atoms with Gasteiger partial charge in [-0.25, -0.2) is 0 Å². The summed E-state index contributed by atoms with van der Waals surface area (Å²) in [5.74, 6) is 0.941. The summed E-state index contributed by atoms with van der Waals surface area (Å²) in [5, 5.41) is 1.12. The fourth-order valence-corrected chi connectivity index (χ4v) is 2.98. The number of aryl methyl sites for hydroxylation is 1. The van der Waals surface area contributed by atoms with Crippen LogP contribution in [0, 0.1) is 18.3 Å². The average molecular weight is 267 g/mol. The van der Waals surface area contributed by atoms with E-state index in [4.69, 9.17) is 0 Å². The third-order valence-electron chi connectivity index (χ3n) is 3.72. The highest BCUT2D eigenvalue weighted by Crippen LogP contribution is 2.48. The molecule has 1 heteroatoms. The van der Waals surface area contributed by atoms with Crippen molar-refractivity contribution in [3.63, 3.8) is 0 Å². The van der Waals surface area contributed by atoms with Gasteiger partial charge in [-0.05, 0) is 48.6 Å². The van der Waals surface area contributed by atoms with Gasteiger partial charge >= 0.3 is 0 Å². The summed E-state index contributed by atoms with van der Waals surface area (Å²) >= 11 is 3.69. The highest BCUT2D eigenvalue weighted by Gasteiger charge is 2.40. The lowest BCUT2D eigenvalue weighted by Crippen LogP contribution is -2.24. The van der Waals surface area contributed by atoms with E-state index < -0.39 is 0 Å². The van der Waals surface area contributed by atoms with Crippen LogP contribution in [0.5, 0.6) is 0 Å². The molecule has 1 atom stereocenters. The second-order valence-corrected chi connectivity index (χ2v) is 5.73. The number of alkyl halides is 1. The molecule has 2 rings (SSSR count). The van der Waals surface area contributed by atoms with Crippen molar-refractivity contribution in [3.05, 3.63) is 35.4 Å². The van der Waals surface area contributed by atoms with Crippen molar-refractivity contribution < 1.29 is 0 Å². The zero-order valence-corrected chi connectivity index (χ0v) is 11.2. The predicted molar refractivity (Wildman–Crippen MR) is 69.5 cm³/mol. The molecule has 1 unspecified atom stereocenters. The Morgan fingerprint density at radius 3 is 2.53 bits per heavy atom. The summed E-state index contributed by atoms with van der Waals surface area (Å²) < 4.78 is 0. The molecule has 15 heavy (non-hydrogen) atoms. The first-order valence-corrected chi connectivity index (χ1v) is 6.88. The molecule has 1 aliphatic rings. The molecule has 0 radical (unpaired) electrons. The lowest BCUT2D eigenvalue weighted by atomic mass is 9.80. The molecule has 0 aromatic heterocycles. The zero-order chi connectivity index (χ0) is 10.9. The molecular formula is C14H19Br. The van der Waals surface area contributed by atoms with E-state index in [0.717, 1.165) is 11.2 Å². The van der Waals surface area contributed by atoms with Crippen LogP contribution < -0.4 is 0 Å². The van der Waals surface area contributed by atoms with E-state index >= 15 is 0 Å². The molecule has 0 amide bonds. The van der Waals surface area contributed by atoms with Gasteiger partial charge in [-0.3, -0.25) is 0 Å². The van der Waals surface area contributed by atoms with E-state index in [1.807, 2.05) is 0 Å². The first-order valence-electron chi connectivity index (χ1n) is 5.76. The smallest absolute Gasteiger partial charge is 0.00911 e. The Morgan fingerprint density at radius 1 is 1.33 bits per heavy atom. The maximum Gasteiger partial charge on any atom is 0.00911 e. The van der Waals surface area contributed by atoms with Gasteiger partial charge in [0.05, 0.1) is 0 Å². The third kappa shape index (κ3) is 2.44. The van der Waals surface area contributed by atoms with E-state index in [1.165, 1.54) is 30.4 Å². The Kier molecular flexibility index (Phi) is 3.20. The molecule has 1 fully saturated rings. The van der Waals surface area contributed by atoms with Crippen LogP contribution in [0.4, 0.5) is 0 Å². The molecule has 0 saturated heterocycles. The van der Waals surface area contributed by atoms with Gasteiger partial charge in [0, 0.05) is 5.33 Å². The second kappa shape index (κ2) is 4.29. The van der Waals surface area contributed by atoms with Crippen LogP contribution in [0.1, 0.15) is 30.9 Å². The van der Waals surface area contributed by atoms with Crippen molar-refractivity contribution in [2.75, 3.05) is 5.33 Å². The summed E-state index contributed by atoms with van der Waals surface area (Å²) in [6.07, 6.45) is 4.07. The normalized spacial score (nSPS) is 19.9. The van der Waals surface area contributed by atoms with Crippen molar-refractivity contribution >= 4 is 15.9 Å². The van der Waals surface area contributed by atoms with E-state index in [2.05, 4.69) is 54.0 Å². The second-order valence-electron chi connectivity index (χ2n) is 5.17. The van der Waals surface area contributed by atoms with Gasteiger partial charge in [0.2, 0.25) is 0 Å². The number of hydrogen-bond acceptors (Lipinski definition) is 0. The predicted octanol–water partition coefficient (Wildman–Crippen LogP) is 4.35. The minimum Gasteiger partial charge on any atom is -0.0922 e. The number of benzene rings is 1.